The fourth-order valence-corrected chi connectivity index (χ4v) is 3.45. The Hall–Kier alpha value is -3.04. The zero-order valence-corrected chi connectivity index (χ0v) is 14.7. The van der Waals surface area contributed by atoms with Crippen LogP contribution in [0.5, 0.6) is 11.5 Å². The summed E-state index contributed by atoms with van der Waals surface area (Å²) in [7, 11) is 3.19. The number of nitrogens with zero attached hydrogens (tertiary/aromatic N) is 2. The van der Waals surface area contributed by atoms with Gasteiger partial charge in [0.2, 0.25) is 0 Å². The second-order valence-electron chi connectivity index (χ2n) is 5.15. The largest absolute Gasteiger partial charge is 0.497 e. The van der Waals surface area contributed by atoms with E-state index < -0.39 is 0 Å². The van der Waals surface area contributed by atoms with Crippen molar-refractivity contribution in [3.63, 3.8) is 0 Å². The van der Waals surface area contributed by atoms with Gasteiger partial charge in [-0.05, 0) is 42.5 Å². The number of methoxy groups -OCH3 is 2. The number of hydrogen-bond donors (Lipinski definition) is 0. The van der Waals surface area contributed by atoms with Crippen LogP contribution in [0.1, 0.15) is 10.4 Å². The quantitative estimate of drug-likeness (QED) is 0.678. The van der Waals surface area contributed by atoms with Crippen LogP contribution >= 0.6 is 11.3 Å². The Bertz CT molecular complexity index is 1020. The van der Waals surface area contributed by atoms with Crippen molar-refractivity contribution in [2.24, 2.45) is 4.99 Å². The zero-order chi connectivity index (χ0) is 17.8. The van der Waals surface area contributed by atoms with Crippen LogP contribution in [0.3, 0.4) is 0 Å². The molecule has 0 spiro atoms. The molecule has 0 atom stereocenters. The van der Waals surface area contributed by atoms with Gasteiger partial charge in [0.1, 0.15) is 11.5 Å². The molecule has 0 unspecified atom stereocenters. The molecule has 25 heavy (non-hydrogen) atoms. The smallest absolute Gasteiger partial charge is 0.279 e. The molecule has 0 saturated carbocycles. The SMILES string of the molecule is C#CCn1c(=NC(=O)c2ccc(OC)cc2)sc2cc(OC)ccc21. The molecule has 5 nitrogen and oxygen atoms in total. The minimum absolute atomic E-state index is 0.327. The van der Waals surface area contributed by atoms with Gasteiger partial charge in [-0.3, -0.25) is 4.79 Å². The van der Waals surface area contributed by atoms with Gasteiger partial charge in [-0.1, -0.05) is 17.3 Å². The number of rotatable bonds is 4. The average molecular weight is 352 g/mol. The van der Waals surface area contributed by atoms with Crippen molar-refractivity contribution in [3.05, 3.63) is 52.8 Å². The summed E-state index contributed by atoms with van der Waals surface area (Å²) in [6.07, 6.45) is 5.48. The summed E-state index contributed by atoms with van der Waals surface area (Å²) in [6.45, 7) is 0.334. The van der Waals surface area contributed by atoms with E-state index in [1.165, 1.54) is 11.3 Å². The van der Waals surface area contributed by atoms with E-state index in [0.29, 0.717) is 22.7 Å². The van der Waals surface area contributed by atoms with Gasteiger partial charge in [0.05, 0.1) is 31.0 Å². The van der Waals surface area contributed by atoms with Crippen molar-refractivity contribution >= 4 is 27.5 Å². The third kappa shape index (κ3) is 3.42. The van der Waals surface area contributed by atoms with Gasteiger partial charge >= 0.3 is 0 Å². The fraction of sp³-hybridized carbons (Fsp3) is 0.158. The maximum atomic E-state index is 12.5. The molecule has 0 radical (unpaired) electrons. The summed E-state index contributed by atoms with van der Waals surface area (Å²) in [5, 5.41) is 0. The van der Waals surface area contributed by atoms with Crippen molar-refractivity contribution in [2.45, 2.75) is 6.54 Å². The minimum Gasteiger partial charge on any atom is -0.497 e. The summed E-state index contributed by atoms with van der Waals surface area (Å²) in [6, 6.07) is 12.5. The summed E-state index contributed by atoms with van der Waals surface area (Å²) in [5.41, 5.74) is 1.41. The van der Waals surface area contributed by atoms with Crippen LogP contribution in [-0.4, -0.2) is 24.7 Å². The summed E-state index contributed by atoms with van der Waals surface area (Å²) in [4.78, 5) is 17.3. The predicted molar refractivity (Wildman–Crippen MR) is 98.1 cm³/mol. The van der Waals surface area contributed by atoms with E-state index in [4.69, 9.17) is 15.9 Å². The van der Waals surface area contributed by atoms with Crippen molar-refractivity contribution in [1.29, 1.82) is 0 Å². The van der Waals surface area contributed by atoms with E-state index in [2.05, 4.69) is 10.9 Å². The van der Waals surface area contributed by atoms with E-state index >= 15 is 0 Å². The Kier molecular flexibility index (Phi) is 4.87. The molecule has 0 bridgehead atoms. The standard InChI is InChI=1S/C19H16N2O3S/c1-4-11-21-16-10-9-15(24-3)12-17(16)25-19(21)20-18(22)13-5-7-14(23-2)8-6-13/h1,5-10,12H,11H2,2-3H3. The molecule has 1 heterocycles. The molecular weight excluding hydrogens is 336 g/mol. The molecule has 6 heteroatoms. The number of fused-ring (bicyclic) bond motifs is 1. The highest BCUT2D eigenvalue weighted by Gasteiger charge is 2.10. The van der Waals surface area contributed by atoms with Crippen molar-refractivity contribution < 1.29 is 14.3 Å². The Morgan fingerprint density at radius 1 is 1.16 bits per heavy atom. The molecule has 0 aliphatic rings. The van der Waals surface area contributed by atoms with Gasteiger partial charge in [0.15, 0.2) is 4.80 Å². The predicted octanol–water partition coefficient (Wildman–Crippen LogP) is 3.09. The van der Waals surface area contributed by atoms with E-state index in [-0.39, 0.29) is 5.91 Å². The molecule has 0 aliphatic heterocycles. The number of carbonyl (C=O) groups is 1. The van der Waals surface area contributed by atoms with E-state index in [1.807, 2.05) is 22.8 Å². The van der Waals surface area contributed by atoms with E-state index in [9.17, 15) is 4.79 Å². The Morgan fingerprint density at radius 2 is 1.84 bits per heavy atom. The minimum atomic E-state index is -0.327. The van der Waals surface area contributed by atoms with Crippen molar-refractivity contribution in [2.75, 3.05) is 14.2 Å². The molecule has 2 aromatic carbocycles. The number of carbonyl (C=O) groups excluding carboxylic acids is 1. The van der Waals surface area contributed by atoms with Crippen LogP contribution in [0.25, 0.3) is 10.2 Å². The molecule has 1 amide bonds. The average Bonchev–Trinajstić information content (AvgIpc) is 2.98. The van der Waals surface area contributed by atoms with Gasteiger partial charge in [-0.25, -0.2) is 0 Å². The summed E-state index contributed by atoms with van der Waals surface area (Å²) in [5.74, 6) is 3.72. The van der Waals surface area contributed by atoms with E-state index in [1.54, 1.807) is 38.5 Å². The molecule has 1 aromatic heterocycles. The highest BCUT2D eigenvalue weighted by atomic mass is 32.1. The van der Waals surface area contributed by atoms with Crippen LogP contribution in [-0.2, 0) is 6.54 Å². The maximum Gasteiger partial charge on any atom is 0.279 e. The third-order valence-electron chi connectivity index (χ3n) is 3.67. The lowest BCUT2D eigenvalue weighted by Gasteiger charge is -2.02. The third-order valence-corrected chi connectivity index (χ3v) is 4.71. The Labute approximate surface area is 149 Å². The normalized spacial score (nSPS) is 11.3. The van der Waals surface area contributed by atoms with Gasteiger partial charge in [-0.15, -0.1) is 6.42 Å². The number of terminal acetylenes is 1. The first-order valence-electron chi connectivity index (χ1n) is 7.50. The van der Waals surface area contributed by atoms with Crippen molar-refractivity contribution in [1.82, 2.24) is 4.57 Å². The number of benzene rings is 2. The highest BCUT2D eigenvalue weighted by molar-refractivity contribution is 7.16. The molecule has 126 valence electrons. The summed E-state index contributed by atoms with van der Waals surface area (Å²) < 4.78 is 13.2. The maximum absolute atomic E-state index is 12.5. The number of ether oxygens (including phenoxy) is 2. The van der Waals surface area contributed by atoms with Crippen LogP contribution in [0.15, 0.2) is 47.5 Å². The number of aromatic nitrogens is 1. The molecule has 0 saturated heterocycles. The molecule has 3 rings (SSSR count). The molecule has 0 fully saturated rings. The lowest BCUT2D eigenvalue weighted by atomic mass is 10.2. The number of hydrogen-bond acceptors (Lipinski definition) is 4. The lowest BCUT2D eigenvalue weighted by Crippen LogP contribution is -2.16. The first kappa shape index (κ1) is 16.8. The zero-order valence-electron chi connectivity index (χ0n) is 13.9. The first-order valence-corrected chi connectivity index (χ1v) is 8.32. The fourth-order valence-electron chi connectivity index (χ4n) is 2.39. The topological polar surface area (TPSA) is 52.8 Å². The molecule has 0 N–H and O–H groups in total. The van der Waals surface area contributed by atoms with Crippen LogP contribution in [0.2, 0.25) is 0 Å². The summed E-state index contributed by atoms with van der Waals surface area (Å²) >= 11 is 1.40. The van der Waals surface area contributed by atoms with Crippen molar-refractivity contribution in [3.8, 4) is 23.8 Å². The Balaban J connectivity index is 2.08. The highest BCUT2D eigenvalue weighted by Crippen LogP contribution is 2.23. The van der Waals surface area contributed by atoms with Crippen LogP contribution in [0.4, 0.5) is 0 Å². The number of thiazole rings is 1. The first-order chi connectivity index (χ1) is 12.2. The van der Waals surface area contributed by atoms with Crippen LogP contribution in [0, 0.1) is 12.3 Å². The van der Waals surface area contributed by atoms with Gasteiger partial charge < -0.3 is 14.0 Å². The van der Waals surface area contributed by atoms with E-state index in [0.717, 1.165) is 16.0 Å². The molecule has 0 aliphatic carbocycles. The van der Waals surface area contributed by atoms with Gasteiger partial charge in [0.25, 0.3) is 5.91 Å². The molecule has 3 aromatic rings. The Morgan fingerprint density at radius 3 is 2.48 bits per heavy atom. The van der Waals surface area contributed by atoms with Gasteiger partial charge in [0, 0.05) is 5.56 Å². The molecular formula is C19H16N2O3S. The lowest BCUT2D eigenvalue weighted by molar-refractivity contribution is 0.0998. The second kappa shape index (κ2) is 7.24. The van der Waals surface area contributed by atoms with Crippen LogP contribution < -0.4 is 14.3 Å². The van der Waals surface area contributed by atoms with Gasteiger partial charge in [-0.2, -0.15) is 4.99 Å². The number of amides is 1. The monoisotopic (exact) mass is 352 g/mol. The second-order valence-corrected chi connectivity index (χ2v) is 6.16.